The number of ether oxygens (including phenoxy) is 3. The second-order valence-corrected chi connectivity index (χ2v) is 6.63. The number of hydrogen-bond donors (Lipinski definition) is 0. The Bertz CT molecular complexity index is 1020. The minimum Gasteiger partial charge on any atom is -0.490 e. The predicted molar refractivity (Wildman–Crippen MR) is 110 cm³/mol. The van der Waals surface area contributed by atoms with E-state index in [1.54, 1.807) is 26.2 Å². The molecule has 0 fully saturated rings. The molecule has 0 amide bonds. The number of aryl methyl sites for hydroxylation is 1. The number of rotatable bonds is 11. The van der Waals surface area contributed by atoms with Crippen molar-refractivity contribution in [3.8, 4) is 23.0 Å². The molecule has 3 rings (SSSR count). The summed E-state index contributed by atoms with van der Waals surface area (Å²) < 4.78 is 45.7. The molecule has 0 aliphatic heterocycles. The second-order valence-electron chi connectivity index (χ2n) is 6.63. The zero-order chi connectivity index (χ0) is 22.2. The van der Waals surface area contributed by atoms with Gasteiger partial charge in [0.05, 0.1) is 18.9 Å². The molecule has 0 N–H and O–H groups in total. The number of Topliss-reactive ketones (excluding diaryl/α,β-unsaturated/α-hetero) is 1. The minimum absolute atomic E-state index is 0.00988. The minimum atomic E-state index is -2.95. The Labute approximate surface area is 178 Å². The molecule has 31 heavy (non-hydrogen) atoms. The molecule has 1 heterocycles. The molecule has 0 aliphatic rings. The first kappa shape index (κ1) is 22.4. The van der Waals surface area contributed by atoms with Crippen molar-refractivity contribution in [3.05, 3.63) is 65.5 Å². The number of alkyl halides is 2. The molecule has 0 aliphatic carbocycles. The molecule has 8 heteroatoms. The number of oxazole rings is 1. The summed E-state index contributed by atoms with van der Waals surface area (Å²) in [7, 11) is 1.58. The first-order chi connectivity index (χ1) is 15.0. The lowest BCUT2D eigenvalue weighted by Gasteiger charge is -2.11. The first-order valence-corrected chi connectivity index (χ1v) is 9.78. The maximum Gasteiger partial charge on any atom is 0.387 e. The highest BCUT2D eigenvalue weighted by Gasteiger charge is 2.16. The highest BCUT2D eigenvalue weighted by atomic mass is 19.3. The van der Waals surface area contributed by atoms with Crippen molar-refractivity contribution in [2.45, 2.75) is 33.0 Å². The van der Waals surface area contributed by atoms with Gasteiger partial charge in [-0.2, -0.15) is 8.78 Å². The number of nitrogens with zero attached hydrogens (tertiary/aromatic N) is 1. The summed E-state index contributed by atoms with van der Waals surface area (Å²) in [6.45, 7) is -0.565. The van der Waals surface area contributed by atoms with E-state index in [1.807, 2.05) is 18.2 Å². The van der Waals surface area contributed by atoms with Gasteiger partial charge in [0.1, 0.15) is 6.26 Å². The number of benzene rings is 2. The lowest BCUT2D eigenvalue weighted by Crippen LogP contribution is -2.06. The molecule has 164 valence electrons. The third-order valence-corrected chi connectivity index (χ3v) is 4.48. The molecular formula is C23H23F2NO5. The third kappa shape index (κ3) is 5.88. The normalized spacial score (nSPS) is 11.0. The van der Waals surface area contributed by atoms with Gasteiger partial charge in [0.15, 0.2) is 17.3 Å². The van der Waals surface area contributed by atoms with E-state index in [-0.39, 0.29) is 30.3 Å². The SMILES string of the molecule is CCOc1cc(-c2nc(CCC(=O)c3ccccc3COC)co2)ccc1OC(F)F. The van der Waals surface area contributed by atoms with Crippen LogP contribution < -0.4 is 9.47 Å². The van der Waals surface area contributed by atoms with Crippen LogP contribution in [0.5, 0.6) is 11.5 Å². The fourth-order valence-electron chi connectivity index (χ4n) is 3.11. The molecule has 0 unspecified atom stereocenters. The van der Waals surface area contributed by atoms with E-state index in [9.17, 15) is 13.6 Å². The Morgan fingerprint density at radius 1 is 1.16 bits per heavy atom. The second kappa shape index (κ2) is 10.7. The maximum absolute atomic E-state index is 12.6. The number of aromatic nitrogens is 1. The molecule has 0 spiro atoms. The first-order valence-electron chi connectivity index (χ1n) is 9.78. The summed E-state index contributed by atoms with van der Waals surface area (Å²) >= 11 is 0. The van der Waals surface area contributed by atoms with Gasteiger partial charge in [-0.1, -0.05) is 24.3 Å². The van der Waals surface area contributed by atoms with Gasteiger partial charge < -0.3 is 18.6 Å². The van der Waals surface area contributed by atoms with Gasteiger partial charge >= 0.3 is 6.61 Å². The zero-order valence-electron chi connectivity index (χ0n) is 17.3. The van der Waals surface area contributed by atoms with E-state index in [1.165, 1.54) is 18.4 Å². The van der Waals surface area contributed by atoms with Gasteiger partial charge in [-0.05, 0) is 30.7 Å². The van der Waals surface area contributed by atoms with Crippen LogP contribution in [0.1, 0.15) is 35.0 Å². The average Bonchev–Trinajstić information content (AvgIpc) is 3.23. The maximum atomic E-state index is 12.6. The highest BCUT2D eigenvalue weighted by molar-refractivity contribution is 5.97. The van der Waals surface area contributed by atoms with Crippen LogP contribution in [0.4, 0.5) is 8.78 Å². The Morgan fingerprint density at radius 2 is 1.97 bits per heavy atom. The monoisotopic (exact) mass is 431 g/mol. The number of carbonyl (C=O) groups is 1. The van der Waals surface area contributed by atoms with Crippen LogP contribution >= 0.6 is 0 Å². The number of carbonyl (C=O) groups excluding carboxylic acids is 1. The molecular weight excluding hydrogens is 408 g/mol. The Morgan fingerprint density at radius 3 is 2.71 bits per heavy atom. The van der Waals surface area contributed by atoms with Gasteiger partial charge in [0.2, 0.25) is 5.89 Å². The summed E-state index contributed by atoms with van der Waals surface area (Å²) in [6, 6.07) is 11.8. The summed E-state index contributed by atoms with van der Waals surface area (Å²) in [5, 5.41) is 0. The van der Waals surface area contributed by atoms with Crippen molar-refractivity contribution in [2.75, 3.05) is 13.7 Å². The van der Waals surface area contributed by atoms with E-state index >= 15 is 0 Å². The average molecular weight is 431 g/mol. The van der Waals surface area contributed by atoms with E-state index in [0.717, 1.165) is 5.56 Å². The summed E-state index contributed by atoms with van der Waals surface area (Å²) in [6.07, 6.45) is 2.14. The van der Waals surface area contributed by atoms with E-state index in [2.05, 4.69) is 9.72 Å². The van der Waals surface area contributed by atoms with E-state index in [0.29, 0.717) is 35.7 Å². The summed E-state index contributed by atoms with van der Waals surface area (Å²) in [4.78, 5) is 17.0. The lowest BCUT2D eigenvalue weighted by molar-refractivity contribution is -0.0514. The summed E-state index contributed by atoms with van der Waals surface area (Å²) in [5.74, 6) is 0.397. The molecule has 2 aromatic carbocycles. The molecule has 0 atom stereocenters. The van der Waals surface area contributed by atoms with Crippen LogP contribution in [-0.4, -0.2) is 31.1 Å². The van der Waals surface area contributed by atoms with Crippen molar-refractivity contribution in [3.63, 3.8) is 0 Å². The standard InChI is InChI=1S/C23H23F2NO5/c1-3-29-21-12-15(8-11-20(21)31-23(24)25)22-26-17(14-30-22)9-10-19(27)18-7-5-4-6-16(18)13-28-2/h4-8,11-12,14,23H,3,9-10,13H2,1-2H3. The third-order valence-electron chi connectivity index (χ3n) is 4.48. The molecule has 6 nitrogen and oxygen atoms in total. The van der Waals surface area contributed by atoms with Crippen LogP contribution in [0.3, 0.4) is 0 Å². The van der Waals surface area contributed by atoms with Crippen molar-refractivity contribution >= 4 is 5.78 Å². The molecule has 0 radical (unpaired) electrons. The molecule has 1 aromatic heterocycles. The topological polar surface area (TPSA) is 70.8 Å². The Kier molecular flexibility index (Phi) is 7.72. The molecule has 0 saturated carbocycles. The van der Waals surface area contributed by atoms with Gasteiger partial charge in [-0.15, -0.1) is 0 Å². The van der Waals surface area contributed by atoms with Crippen molar-refractivity contribution in [2.24, 2.45) is 0 Å². The summed E-state index contributed by atoms with van der Waals surface area (Å²) in [5.41, 5.74) is 2.63. The fraction of sp³-hybridized carbons (Fsp3) is 0.304. The molecule has 0 saturated heterocycles. The van der Waals surface area contributed by atoms with Gasteiger partial charge in [0, 0.05) is 31.1 Å². The highest BCUT2D eigenvalue weighted by Crippen LogP contribution is 2.33. The molecule has 3 aromatic rings. The lowest BCUT2D eigenvalue weighted by atomic mass is 10.0. The van der Waals surface area contributed by atoms with Crippen LogP contribution in [0.15, 0.2) is 53.1 Å². The van der Waals surface area contributed by atoms with Gasteiger partial charge in [-0.25, -0.2) is 4.98 Å². The van der Waals surface area contributed by atoms with E-state index < -0.39 is 6.61 Å². The Balaban J connectivity index is 1.70. The van der Waals surface area contributed by atoms with Gasteiger partial charge in [0.25, 0.3) is 0 Å². The van der Waals surface area contributed by atoms with Crippen LogP contribution in [0.2, 0.25) is 0 Å². The zero-order valence-corrected chi connectivity index (χ0v) is 17.3. The van der Waals surface area contributed by atoms with Crippen molar-refractivity contribution in [1.82, 2.24) is 4.98 Å². The van der Waals surface area contributed by atoms with Crippen molar-refractivity contribution in [1.29, 1.82) is 0 Å². The fourth-order valence-corrected chi connectivity index (χ4v) is 3.11. The van der Waals surface area contributed by atoms with Gasteiger partial charge in [-0.3, -0.25) is 4.79 Å². The molecule has 0 bridgehead atoms. The largest absolute Gasteiger partial charge is 0.490 e. The van der Waals surface area contributed by atoms with Crippen LogP contribution in [0.25, 0.3) is 11.5 Å². The number of ketones is 1. The number of methoxy groups -OCH3 is 1. The van der Waals surface area contributed by atoms with Crippen LogP contribution in [0, 0.1) is 0 Å². The Hall–Kier alpha value is -3.26. The smallest absolute Gasteiger partial charge is 0.387 e. The van der Waals surface area contributed by atoms with Crippen LogP contribution in [-0.2, 0) is 17.8 Å². The number of halogens is 2. The predicted octanol–water partition coefficient (Wildman–Crippen LogP) is 5.30. The van der Waals surface area contributed by atoms with Crippen molar-refractivity contribution < 1.29 is 32.2 Å². The number of hydrogen-bond acceptors (Lipinski definition) is 6. The van der Waals surface area contributed by atoms with E-state index in [4.69, 9.17) is 13.9 Å². The quantitative estimate of drug-likeness (QED) is 0.384.